The van der Waals surface area contributed by atoms with Gasteiger partial charge in [0.2, 0.25) is 0 Å². The first kappa shape index (κ1) is 15.4. The highest BCUT2D eigenvalue weighted by Crippen LogP contribution is 2.31. The number of halogens is 1. The number of carbonyl (C=O) groups is 1. The minimum atomic E-state index is -0.349. The summed E-state index contributed by atoms with van der Waals surface area (Å²) in [5, 5.41) is 3.29. The molecule has 0 aliphatic carbocycles. The van der Waals surface area contributed by atoms with Gasteiger partial charge in [-0.3, -0.25) is 4.79 Å². The predicted molar refractivity (Wildman–Crippen MR) is 97.1 cm³/mol. The van der Waals surface area contributed by atoms with Crippen LogP contribution in [-0.2, 0) is 13.1 Å². The van der Waals surface area contributed by atoms with Crippen molar-refractivity contribution in [3.63, 3.8) is 0 Å². The van der Waals surface area contributed by atoms with E-state index in [-0.39, 0.29) is 11.7 Å². The number of carbonyl (C=O) groups excluding carboxylic acids is 1. The first-order valence-electron chi connectivity index (χ1n) is 8.19. The van der Waals surface area contributed by atoms with Gasteiger partial charge < -0.3 is 10.2 Å². The van der Waals surface area contributed by atoms with Gasteiger partial charge in [-0.2, -0.15) is 0 Å². The largest absolute Gasteiger partial charge is 0.380 e. The molecule has 1 amide bonds. The smallest absolute Gasteiger partial charge is 0.260 e. The zero-order valence-electron chi connectivity index (χ0n) is 13.6. The van der Waals surface area contributed by atoms with Crippen molar-refractivity contribution in [3.8, 4) is 0 Å². The van der Waals surface area contributed by atoms with Crippen molar-refractivity contribution in [1.82, 2.24) is 0 Å². The summed E-state index contributed by atoms with van der Waals surface area (Å²) in [6.45, 7) is 0.926. The number of hydrogen-bond acceptors (Lipinski definition) is 2. The molecule has 1 aliphatic rings. The first-order valence-corrected chi connectivity index (χ1v) is 8.19. The third-order valence-electron chi connectivity index (χ3n) is 4.39. The van der Waals surface area contributed by atoms with E-state index in [1.165, 1.54) is 12.1 Å². The maximum Gasteiger partial charge on any atom is 0.260 e. The number of anilines is 2. The van der Waals surface area contributed by atoms with E-state index in [1.807, 2.05) is 48.5 Å². The summed E-state index contributed by atoms with van der Waals surface area (Å²) >= 11 is 0. The summed E-state index contributed by atoms with van der Waals surface area (Å²) in [5.41, 5.74) is 3.88. The molecule has 0 fully saturated rings. The number of para-hydroxylation sites is 1. The minimum absolute atomic E-state index is 0.140. The molecule has 1 N–H and O–H groups in total. The van der Waals surface area contributed by atoms with Crippen molar-refractivity contribution in [1.29, 1.82) is 0 Å². The lowest BCUT2D eigenvalue weighted by atomic mass is 10.0. The number of rotatable bonds is 2. The van der Waals surface area contributed by atoms with Crippen LogP contribution in [0.2, 0.25) is 0 Å². The molecule has 1 aliphatic heterocycles. The monoisotopic (exact) mass is 332 g/mol. The molecule has 0 bridgehead atoms. The third-order valence-corrected chi connectivity index (χ3v) is 4.39. The maximum atomic E-state index is 13.9. The normalized spacial score (nSPS) is 13.3. The Balaban J connectivity index is 1.84. The molecule has 0 atom stereocenters. The number of nitrogens with zero attached hydrogens (tertiary/aromatic N) is 1. The molecule has 0 saturated carbocycles. The quantitative estimate of drug-likeness (QED) is 0.744. The van der Waals surface area contributed by atoms with Gasteiger partial charge in [-0.05, 0) is 35.4 Å². The van der Waals surface area contributed by atoms with Gasteiger partial charge >= 0.3 is 0 Å². The molecule has 0 spiro atoms. The molecule has 0 aromatic heterocycles. The summed E-state index contributed by atoms with van der Waals surface area (Å²) in [5.74, 6) is -0.489. The molecule has 3 aromatic rings. The van der Waals surface area contributed by atoms with Crippen molar-refractivity contribution < 1.29 is 9.18 Å². The fourth-order valence-electron chi connectivity index (χ4n) is 3.13. The van der Waals surface area contributed by atoms with E-state index in [0.717, 1.165) is 16.8 Å². The second-order valence-electron chi connectivity index (χ2n) is 6.05. The third kappa shape index (κ3) is 2.98. The number of hydrogen-bond donors (Lipinski definition) is 1. The van der Waals surface area contributed by atoms with Crippen LogP contribution in [0.5, 0.6) is 0 Å². The molecule has 4 rings (SSSR count). The van der Waals surface area contributed by atoms with Crippen LogP contribution < -0.4 is 10.2 Å². The van der Waals surface area contributed by atoms with Crippen molar-refractivity contribution in [2.45, 2.75) is 13.1 Å². The molecular formula is C21H17FN2O. The Kier molecular flexibility index (Phi) is 3.94. The van der Waals surface area contributed by atoms with Crippen LogP contribution in [0.4, 0.5) is 15.8 Å². The summed E-state index contributed by atoms with van der Waals surface area (Å²) in [7, 11) is 0. The summed E-state index contributed by atoms with van der Waals surface area (Å²) in [6, 6.07) is 21.8. The second-order valence-corrected chi connectivity index (χ2v) is 6.05. The van der Waals surface area contributed by atoms with Gasteiger partial charge in [0.1, 0.15) is 5.82 Å². The van der Waals surface area contributed by atoms with E-state index >= 15 is 0 Å². The van der Waals surface area contributed by atoms with E-state index in [9.17, 15) is 9.18 Å². The lowest BCUT2D eigenvalue weighted by Gasteiger charge is -2.29. The average molecular weight is 332 g/mol. The first-order chi connectivity index (χ1) is 12.2. The Morgan fingerprint density at radius 3 is 2.56 bits per heavy atom. The molecule has 0 unspecified atom stereocenters. The van der Waals surface area contributed by atoms with Crippen LogP contribution in [0.15, 0.2) is 72.8 Å². The molecule has 4 heteroatoms. The maximum absolute atomic E-state index is 13.9. The van der Waals surface area contributed by atoms with Crippen LogP contribution in [0.3, 0.4) is 0 Å². The highest BCUT2D eigenvalue weighted by Gasteiger charge is 2.25. The molecule has 25 heavy (non-hydrogen) atoms. The minimum Gasteiger partial charge on any atom is -0.380 e. The zero-order valence-corrected chi connectivity index (χ0v) is 13.6. The standard InChI is InChI=1S/C21H17FN2O/c22-17-11-10-16-13-23-19-9-5-4-8-18(19)21(25)24(20(16)12-17)14-15-6-2-1-3-7-15/h1-12,23H,13-14H2. The number of nitrogens with one attached hydrogen (secondary N) is 1. The van der Waals surface area contributed by atoms with Crippen molar-refractivity contribution in [2.24, 2.45) is 0 Å². The fourth-order valence-corrected chi connectivity index (χ4v) is 3.13. The lowest BCUT2D eigenvalue weighted by Crippen LogP contribution is -2.33. The van der Waals surface area contributed by atoms with Gasteiger partial charge in [0.15, 0.2) is 0 Å². The van der Waals surface area contributed by atoms with Crippen molar-refractivity contribution in [3.05, 3.63) is 95.3 Å². The predicted octanol–water partition coefficient (Wildman–Crippen LogP) is 4.60. The summed E-state index contributed by atoms with van der Waals surface area (Å²) in [4.78, 5) is 14.9. The Morgan fingerprint density at radius 2 is 1.72 bits per heavy atom. The van der Waals surface area contributed by atoms with Crippen LogP contribution in [0, 0.1) is 5.82 Å². The molecular weight excluding hydrogens is 315 g/mol. The van der Waals surface area contributed by atoms with Gasteiger partial charge in [-0.25, -0.2) is 4.39 Å². The van der Waals surface area contributed by atoms with E-state index in [4.69, 9.17) is 0 Å². The number of benzene rings is 3. The molecule has 1 heterocycles. The summed E-state index contributed by atoms with van der Waals surface area (Å²) < 4.78 is 13.9. The highest BCUT2D eigenvalue weighted by atomic mass is 19.1. The van der Waals surface area contributed by atoms with E-state index < -0.39 is 0 Å². The lowest BCUT2D eigenvalue weighted by molar-refractivity contribution is 0.0985. The Hall–Kier alpha value is -3.14. The number of fused-ring (bicyclic) bond motifs is 2. The number of amides is 1. The van der Waals surface area contributed by atoms with Crippen LogP contribution in [-0.4, -0.2) is 5.91 Å². The Morgan fingerprint density at radius 1 is 0.960 bits per heavy atom. The SMILES string of the molecule is O=C1c2ccccc2NCc2ccc(F)cc2N1Cc1ccccc1. The van der Waals surface area contributed by atoms with E-state index in [0.29, 0.717) is 24.3 Å². The van der Waals surface area contributed by atoms with E-state index in [2.05, 4.69) is 5.32 Å². The zero-order chi connectivity index (χ0) is 17.2. The van der Waals surface area contributed by atoms with Gasteiger partial charge in [-0.15, -0.1) is 0 Å². The van der Waals surface area contributed by atoms with Crippen molar-refractivity contribution >= 4 is 17.3 Å². The van der Waals surface area contributed by atoms with Gasteiger partial charge in [0, 0.05) is 12.2 Å². The van der Waals surface area contributed by atoms with Crippen LogP contribution in [0.1, 0.15) is 21.5 Å². The van der Waals surface area contributed by atoms with Crippen LogP contribution in [0.25, 0.3) is 0 Å². The molecule has 3 nitrogen and oxygen atoms in total. The highest BCUT2D eigenvalue weighted by molar-refractivity contribution is 6.10. The van der Waals surface area contributed by atoms with Crippen LogP contribution >= 0.6 is 0 Å². The molecule has 0 radical (unpaired) electrons. The molecule has 0 saturated heterocycles. The average Bonchev–Trinajstić information content (AvgIpc) is 2.65. The summed E-state index contributed by atoms with van der Waals surface area (Å²) in [6.07, 6.45) is 0. The van der Waals surface area contributed by atoms with Gasteiger partial charge in [0.25, 0.3) is 5.91 Å². The molecule has 3 aromatic carbocycles. The van der Waals surface area contributed by atoms with Gasteiger partial charge in [0.05, 0.1) is 17.8 Å². The van der Waals surface area contributed by atoms with Gasteiger partial charge in [-0.1, -0.05) is 48.5 Å². The topological polar surface area (TPSA) is 32.3 Å². The Bertz CT molecular complexity index is 924. The fraction of sp³-hybridized carbons (Fsp3) is 0.0952. The second kappa shape index (κ2) is 6.40. The van der Waals surface area contributed by atoms with Crippen molar-refractivity contribution in [2.75, 3.05) is 10.2 Å². The molecule has 124 valence electrons. The van der Waals surface area contributed by atoms with E-state index in [1.54, 1.807) is 17.0 Å². The Labute approximate surface area is 145 Å².